The first kappa shape index (κ1) is 36.6. The predicted octanol–water partition coefficient (Wildman–Crippen LogP) is 13.1. The molecule has 0 aromatic heterocycles. The van der Waals surface area contributed by atoms with Gasteiger partial charge in [-0.2, -0.15) is 0 Å². The highest BCUT2D eigenvalue weighted by atomic mass is 15.3. The molecule has 7 aromatic rings. The van der Waals surface area contributed by atoms with Crippen LogP contribution >= 0.6 is 0 Å². The molecule has 6 aliphatic rings. The Hall–Kier alpha value is -6.00. The Morgan fingerprint density at radius 3 is 1.69 bits per heavy atom. The van der Waals surface area contributed by atoms with E-state index in [1.165, 1.54) is 135 Å². The molecule has 4 aliphatic heterocycles. The third-order valence-corrected chi connectivity index (χ3v) is 17.5. The molecule has 7 aromatic carbocycles. The van der Waals surface area contributed by atoms with Gasteiger partial charge in [0.15, 0.2) is 0 Å². The highest BCUT2D eigenvalue weighted by molar-refractivity contribution is 7.00. The second-order valence-electron chi connectivity index (χ2n) is 20.3. The van der Waals surface area contributed by atoms with E-state index in [1.54, 1.807) is 5.56 Å². The van der Waals surface area contributed by atoms with Gasteiger partial charge < -0.3 is 14.7 Å². The van der Waals surface area contributed by atoms with E-state index in [0.29, 0.717) is 0 Å². The van der Waals surface area contributed by atoms with Crippen LogP contribution in [0.15, 0.2) is 158 Å². The molecule has 4 atom stereocenters. The van der Waals surface area contributed by atoms with Gasteiger partial charge in [-0.1, -0.05) is 161 Å². The second kappa shape index (κ2) is 12.8. The minimum absolute atomic E-state index is 0.0445. The van der Waals surface area contributed by atoms with Crippen molar-refractivity contribution in [1.82, 2.24) is 0 Å². The minimum atomic E-state index is -0.0549. The Kier molecular flexibility index (Phi) is 7.56. The Balaban J connectivity index is 1.13. The second-order valence-corrected chi connectivity index (χ2v) is 20.3. The fraction of sp³-hybridized carbons (Fsp3) is 0.276. The Bertz CT molecular complexity index is 2960. The largest absolute Gasteiger partial charge is 0.335 e. The van der Waals surface area contributed by atoms with E-state index in [0.717, 1.165) is 0 Å². The van der Waals surface area contributed by atoms with Crippen LogP contribution in [0.25, 0.3) is 22.3 Å². The summed E-state index contributed by atoms with van der Waals surface area (Å²) >= 11 is 0. The fourth-order valence-corrected chi connectivity index (χ4v) is 14.0. The Morgan fingerprint density at radius 1 is 0.403 bits per heavy atom. The molecule has 2 aliphatic carbocycles. The van der Waals surface area contributed by atoms with Gasteiger partial charge in [-0.15, -0.1) is 0 Å². The average Bonchev–Trinajstić information content (AvgIpc) is 3.66. The molecule has 0 radical (unpaired) electrons. The molecule has 4 unspecified atom stereocenters. The van der Waals surface area contributed by atoms with Crippen LogP contribution in [0, 0.1) is 0 Å². The standard InChI is InChI=1S/C58H54BN3/c1-55-32-13-15-34-57(55,3)61(49-25-12-11-22-45(49)55)44-37-51-53-52(38-44)62-54-46(56(2)33-14-16-35-58(56,62)4)23-17-24-47(54)59(53)48-36-42(40-20-9-6-10-21-40)28-31-50(48)60(51)43-29-26-41(27-30-43)39-18-7-5-8-19-39/h5-12,17-31,36-38H,13-16,32-35H2,1-4H3. The topological polar surface area (TPSA) is 9.72 Å². The lowest BCUT2D eigenvalue weighted by Crippen LogP contribution is -2.64. The van der Waals surface area contributed by atoms with Gasteiger partial charge in [0.2, 0.25) is 0 Å². The van der Waals surface area contributed by atoms with Crippen molar-refractivity contribution in [2.45, 2.75) is 101 Å². The molecule has 0 amide bonds. The lowest BCUT2D eigenvalue weighted by molar-refractivity contribution is 0.194. The van der Waals surface area contributed by atoms with Crippen molar-refractivity contribution in [1.29, 1.82) is 0 Å². The molecule has 0 bridgehead atoms. The Labute approximate surface area is 368 Å². The van der Waals surface area contributed by atoms with E-state index in [4.69, 9.17) is 0 Å². The van der Waals surface area contributed by atoms with Crippen LogP contribution in [-0.4, -0.2) is 17.8 Å². The Morgan fingerprint density at radius 2 is 0.968 bits per heavy atom. The number of para-hydroxylation sites is 2. The summed E-state index contributed by atoms with van der Waals surface area (Å²) in [7, 11) is 0. The summed E-state index contributed by atoms with van der Waals surface area (Å²) in [6.45, 7) is 10.5. The number of fused-ring (bicyclic) bond motifs is 10. The number of benzene rings is 7. The van der Waals surface area contributed by atoms with Crippen LogP contribution in [0.1, 0.15) is 90.2 Å². The van der Waals surface area contributed by atoms with Gasteiger partial charge in [0.25, 0.3) is 6.71 Å². The minimum Gasteiger partial charge on any atom is -0.335 e. The summed E-state index contributed by atoms with van der Waals surface area (Å²) in [5.74, 6) is 0. The van der Waals surface area contributed by atoms with E-state index in [2.05, 4.69) is 200 Å². The van der Waals surface area contributed by atoms with Crippen LogP contribution < -0.4 is 31.1 Å². The molecule has 0 spiro atoms. The highest BCUT2D eigenvalue weighted by Crippen LogP contribution is 2.64. The van der Waals surface area contributed by atoms with E-state index < -0.39 is 0 Å². The first-order chi connectivity index (χ1) is 30.2. The zero-order chi connectivity index (χ0) is 41.6. The summed E-state index contributed by atoms with van der Waals surface area (Å²) < 4.78 is 0. The maximum absolute atomic E-state index is 2.91. The van der Waals surface area contributed by atoms with Crippen LogP contribution in [0.5, 0.6) is 0 Å². The molecule has 304 valence electrons. The summed E-state index contributed by atoms with van der Waals surface area (Å²) in [6, 6.07) is 60.6. The summed E-state index contributed by atoms with van der Waals surface area (Å²) in [6.07, 6.45) is 9.87. The van der Waals surface area contributed by atoms with E-state index >= 15 is 0 Å². The van der Waals surface area contributed by atoms with Crippen molar-refractivity contribution >= 4 is 62.9 Å². The zero-order valence-corrected chi connectivity index (χ0v) is 36.6. The highest BCUT2D eigenvalue weighted by Gasteiger charge is 2.62. The molecule has 3 nitrogen and oxygen atoms in total. The molecule has 0 saturated heterocycles. The van der Waals surface area contributed by atoms with Gasteiger partial charge in [-0.25, -0.2) is 0 Å². The van der Waals surface area contributed by atoms with Crippen molar-refractivity contribution < 1.29 is 0 Å². The molecular weight excluding hydrogens is 749 g/mol. The fourth-order valence-electron chi connectivity index (χ4n) is 14.0. The maximum Gasteiger partial charge on any atom is 0.252 e. The van der Waals surface area contributed by atoms with E-state index in [9.17, 15) is 0 Å². The van der Waals surface area contributed by atoms with Crippen molar-refractivity contribution in [3.05, 3.63) is 169 Å². The summed E-state index contributed by atoms with van der Waals surface area (Å²) in [4.78, 5) is 8.36. The summed E-state index contributed by atoms with van der Waals surface area (Å²) in [5.41, 5.74) is 21.7. The quantitative estimate of drug-likeness (QED) is 0.164. The van der Waals surface area contributed by atoms with Crippen LogP contribution in [0.3, 0.4) is 0 Å². The number of hydrogen-bond donors (Lipinski definition) is 0. The molecule has 2 saturated carbocycles. The maximum atomic E-state index is 2.91. The van der Waals surface area contributed by atoms with Gasteiger partial charge in [-0.05, 0) is 126 Å². The number of hydrogen-bond acceptors (Lipinski definition) is 3. The SMILES string of the molecule is CC12CCCCC1(C)N(c1cc3c4c(c1)N1c5c(cccc5C5(C)CCCCC15C)B4c1cc(-c4ccccc4)ccc1N3c1ccc(-c3ccccc3)cc1)c1ccccc12. The first-order valence-electron chi connectivity index (χ1n) is 23.4. The molecule has 13 rings (SSSR count). The zero-order valence-electron chi connectivity index (χ0n) is 36.6. The third-order valence-electron chi connectivity index (χ3n) is 17.5. The van der Waals surface area contributed by atoms with Crippen molar-refractivity contribution in [2.75, 3.05) is 14.7 Å². The van der Waals surface area contributed by atoms with Gasteiger partial charge in [0.05, 0.1) is 11.1 Å². The number of rotatable bonds is 4. The average molecular weight is 804 g/mol. The first-order valence-corrected chi connectivity index (χ1v) is 23.4. The molecule has 2 fully saturated rings. The smallest absolute Gasteiger partial charge is 0.252 e. The van der Waals surface area contributed by atoms with Gasteiger partial charge in [0.1, 0.15) is 0 Å². The van der Waals surface area contributed by atoms with Crippen LogP contribution in [-0.2, 0) is 10.8 Å². The predicted molar refractivity (Wildman–Crippen MR) is 262 cm³/mol. The lowest BCUT2D eigenvalue weighted by atomic mass is 9.33. The third kappa shape index (κ3) is 4.58. The van der Waals surface area contributed by atoms with Crippen molar-refractivity contribution in [3.8, 4) is 22.3 Å². The van der Waals surface area contributed by atoms with E-state index in [1.807, 2.05) is 0 Å². The number of nitrogens with zero attached hydrogens (tertiary/aromatic N) is 3. The van der Waals surface area contributed by atoms with Crippen molar-refractivity contribution in [3.63, 3.8) is 0 Å². The molecule has 4 heteroatoms. The lowest BCUT2D eigenvalue weighted by Gasteiger charge is -2.53. The van der Waals surface area contributed by atoms with E-state index in [-0.39, 0.29) is 28.6 Å². The van der Waals surface area contributed by atoms with Gasteiger partial charge in [0, 0.05) is 50.6 Å². The van der Waals surface area contributed by atoms with Gasteiger partial charge >= 0.3 is 0 Å². The molecular formula is C58H54BN3. The van der Waals surface area contributed by atoms with Crippen molar-refractivity contribution in [2.24, 2.45) is 0 Å². The number of anilines is 7. The molecule has 0 N–H and O–H groups in total. The normalized spacial score (nSPS) is 26.0. The van der Waals surface area contributed by atoms with Crippen LogP contribution in [0.4, 0.5) is 39.8 Å². The monoisotopic (exact) mass is 803 g/mol. The van der Waals surface area contributed by atoms with Gasteiger partial charge in [-0.3, -0.25) is 0 Å². The summed E-state index contributed by atoms with van der Waals surface area (Å²) in [5, 5.41) is 0. The molecule has 62 heavy (non-hydrogen) atoms. The van der Waals surface area contributed by atoms with Crippen LogP contribution in [0.2, 0.25) is 0 Å². The molecule has 4 heterocycles.